The molecule has 0 bridgehead atoms. The van der Waals surface area contributed by atoms with Crippen LogP contribution in [0.15, 0.2) is 18.2 Å². The van der Waals surface area contributed by atoms with Crippen molar-refractivity contribution in [1.29, 1.82) is 0 Å². The van der Waals surface area contributed by atoms with E-state index >= 15 is 0 Å². The summed E-state index contributed by atoms with van der Waals surface area (Å²) >= 11 is 0. The molecule has 4 nitrogen and oxygen atoms in total. The predicted molar refractivity (Wildman–Crippen MR) is 61.8 cm³/mol. The molecule has 86 valence electrons. The molecule has 0 aliphatic rings. The molecule has 0 aliphatic heterocycles. The Morgan fingerprint density at radius 3 is 2.19 bits per heavy atom. The molecule has 4 heteroatoms. The third kappa shape index (κ3) is 2.66. The minimum absolute atomic E-state index is 0.0300. The van der Waals surface area contributed by atoms with Crippen LogP contribution in [0.3, 0.4) is 0 Å². The summed E-state index contributed by atoms with van der Waals surface area (Å²) in [5.41, 5.74) is 0.944. The highest BCUT2D eigenvalue weighted by atomic mass is 16.6. The molecule has 0 radical (unpaired) electrons. The van der Waals surface area contributed by atoms with Crippen LogP contribution in [0, 0.1) is 10.1 Å². The first-order valence-corrected chi connectivity index (χ1v) is 5.02. The van der Waals surface area contributed by atoms with E-state index in [1.807, 2.05) is 20.8 Å². The number of carbonyl (C=O) groups is 1. The Hall–Kier alpha value is -1.71. The van der Waals surface area contributed by atoms with Gasteiger partial charge in [0.2, 0.25) is 0 Å². The average Bonchev–Trinajstić information content (AvgIpc) is 2.15. The van der Waals surface area contributed by atoms with E-state index in [0.29, 0.717) is 5.56 Å². The van der Waals surface area contributed by atoms with Gasteiger partial charge in [0.15, 0.2) is 5.78 Å². The third-order valence-corrected chi connectivity index (χ3v) is 2.40. The summed E-state index contributed by atoms with van der Waals surface area (Å²) in [6.07, 6.45) is 0. The first-order chi connectivity index (χ1) is 7.21. The van der Waals surface area contributed by atoms with Crippen molar-refractivity contribution in [2.45, 2.75) is 33.1 Å². The van der Waals surface area contributed by atoms with Gasteiger partial charge in [-0.2, -0.15) is 0 Å². The van der Waals surface area contributed by atoms with Crippen molar-refractivity contribution >= 4 is 11.5 Å². The number of hydrogen-bond acceptors (Lipinski definition) is 3. The second-order valence-electron chi connectivity index (χ2n) is 4.83. The van der Waals surface area contributed by atoms with Crippen LogP contribution in [0.1, 0.15) is 43.6 Å². The fraction of sp³-hybridized carbons (Fsp3) is 0.417. The molecule has 0 aromatic heterocycles. The van der Waals surface area contributed by atoms with Gasteiger partial charge in [0, 0.05) is 17.7 Å². The van der Waals surface area contributed by atoms with Crippen LogP contribution >= 0.6 is 0 Å². The Kier molecular flexibility index (Phi) is 3.12. The number of rotatable bonds is 2. The lowest BCUT2D eigenvalue weighted by Crippen LogP contribution is -2.12. The SMILES string of the molecule is CC(=O)c1cc([N+](=O)[O-])cc(C(C)(C)C)c1. The second kappa shape index (κ2) is 4.04. The van der Waals surface area contributed by atoms with Crippen molar-refractivity contribution in [3.63, 3.8) is 0 Å². The number of nitro groups is 1. The summed E-state index contributed by atoms with van der Waals surface area (Å²) in [7, 11) is 0. The summed E-state index contributed by atoms with van der Waals surface area (Å²) in [6, 6.07) is 4.55. The number of ketones is 1. The maximum Gasteiger partial charge on any atom is 0.270 e. The fourth-order valence-electron chi connectivity index (χ4n) is 1.35. The molecule has 0 amide bonds. The Balaban J connectivity index is 3.42. The Morgan fingerprint density at radius 2 is 1.81 bits per heavy atom. The molecule has 0 spiro atoms. The largest absolute Gasteiger partial charge is 0.295 e. The monoisotopic (exact) mass is 221 g/mol. The molecule has 0 heterocycles. The van der Waals surface area contributed by atoms with Gasteiger partial charge < -0.3 is 0 Å². The number of nitro benzene ring substituents is 1. The first-order valence-electron chi connectivity index (χ1n) is 5.02. The maximum absolute atomic E-state index is 11.3. The molecule has 1 aromatic rings. The molecule has 0 fully saturated rings. The molecule has 1 aromatic carbocycles. The molecule has 0 aliphatic carbocycles. The number of carbonyl (C=O) groups excluding carboxylic acids is 1. The molecule has 16 heavy (non-hydrogen) atoms. The molecule has 0 N–H and O–H groups in total. The van der Waals surface area contributed by atoms with Gasteiger partial charge in [0.05, 0.1) is 4.92 Å². The topological polar surface area (TPSA) is 60.2 Å². The lowest BCUT2D eigenvalue weighted by atomic mass is 9.85. The van der Waals surface area contributed by atoms with E-state index in [0.717, 1.165) is 5.56 Å². The van der Waals surface area contributed by atoms with Crippen molar-refractivity contribution in [3.05, 3.63) is 39.4 Å². The van der Waals surface area contributed by atoms with Gasteiger partial charge in [0.1, 0.15) is 0 Å². The number of non-ortho nitro benzene ring substituents is 1. The van der Waals surface area contributed by atoms with Crippen molar-refractivity contribution in [2.75, 3.05) is 0 Å². The smallest absolute Gasteiger partial charge is 0.270 e. The summed E-state index contributed by atoms with van der Waals surface area (Å²) < 4.78 is 0. The van der Waals surface area contributed by atoms with Gasteiger partial charge in [-0.1, -0.05) is 20.8 Å². The van der Waals surface area contributed by atoms with E-state index in [9.17, 15) is 14.9 Å². The number of benzene rings is 1. The number of hydrogen-bond donors (Lipinski definition) is 0. The number of Topliss-reactive ketones (excluding diaryl/α,β-unsaturated/α-hetero) is 1. The Morgan fingerprint density at radius 1 is 1.25 bits per heavy atom. The maximum atomic E-state index is 11.3. The molecule has 0 saturated carbocycles. The summed E-state index contributed by atoms with van der Waals surface area (Å²) in [5, 5.41) is 10.7. The van der Waals surface area contributed by atoms with Crippen LogP contribution < -0.4 is 0 Å². The lowest BCUT2D eigenvalue weighted by molar-refractivity contribution is -0.385. The Labute approximate surface area is 94.4 Å². The third-order valence-electron chi connectivity index (χ3n) is 2.40. The predicted octanol–water partition coefficient (Wildman–Crippen LogP) is 3.09. The summed E-state index contributed by atoms with van der Waals surface area (Å²) in [6.45, 7) is 7.27. The van der Waals surface area contributed by atoms with Crippen LogP contribution in [0.2, 0.25) is 0 Å². The van der Waals surface area contributed by atoms with E-state index in [-0.39, 0.29) is 16.9 Å². The Bertz CT molecular complexity index is 412. The van der Waals surface area contributed by atoms with Crippen molar-refractivity contribution < 1.29 is 9.72 Å². The van der Waals surface area contributed by atoms with Gasteiger partial charge in [-0.05, 0) is 24.0 Å². The van der Waals surface area contributed by atoms with E-state index in [4.69, 9.17) is 0 Å². The van der Waals surface area contributed by atoms with E-state index in [2.05, 4.69) is 0 Å². The first kappa shape index (κ1) is 12.4. The molecular formula is C12H15NO3. The van der Waals surface area contributed by atoms with Gasteiger partial charge in [-0.25, -0.2) is 0 Å². The van der Waals surface area contributed by atoms with Crippen LogP contribution in [-0.4, -0.2) is 10.7 Å². The van der Waals surface area contributed by atoms with Gasteiger partial charge in [0.25, 0.3) is 5.69 Å². The highest BCUT2D eigenvalue weighted by Crippen LogP contribution is 2.27. The van der Waals surface area contributed by atoms with Crippen molar-refractivity contribution in [1.82, 2.24) is 0 Å². The van der Waals surface area contributed by atoms with Gasteiger partial charge in [-0.3, -0.25) is 14.9 Å². The minimum atomic E-state index is -0.471. The van der Waals surface area contributed by atoms with Crippen LogP contribution in [0.25, 0.3) is 0 Å². The van der Waals surface area contributed by atoms with Crippen molar-refractivity contribution in [3.8, 4) is 0 Å². The zero-order chi connectivity index (χ0) is 12.5. The molecule has 1 rings (SSSR count). The minimum Gasteiger partial charge on any atom is -0.295 e. The highest BCUT2D eigenvalue weighted by molar-refractivity contribution is 5.95. The molecular weight excluding hydrogens is 206 g/mol. The molecule has 0 atom stereocenters. The van der Waals surface area contributed by atoms with Crippen LogP contribution in [0.5, 0.6) is 0 Å². The van der Waals surface area contributed by atoms with E-state index < -0.39 is 4.92 Å². The average molecular weight is 221 g/mol. The quantitative estimate of drug-likeness (QED) is 0.438. The standard InChI is InChI=1S/C12H15NO3/c1-8(14)9-5-10(12(2,3)4)7-11(6-9)13(15)16/h5-7H,1-4H3. The normalized spacial score (nSPS) is 11.2. The van der Waals surface area contributed by atoms with Crippen molar-refractivity contribution in [2.24, 2.45) is 0 Å². The second-order valence-corrected chi connectivity index (χ2v) is 4.83. The number of nitrogens with zero attached hydrogens (tertiary/aromatic N) is 1. The zero-order valence-electron chi connectivity index (χ0n) is 9.90. The zero-order valence-corrected chi connectivity index (χ0v) is 9.90. The highest BCUT2D eigenvalue weighted by Gasteiger charge is 2.19. The van der Waals surface area contributed by atoms with E-state index in [1.165, 1.54) is 19.1 Å². The van der Waals surface area contributed by atoms with Crippen LogP contribution in [-0.2, 0) is 5.41 Å². The molecule has 0 unspecified atom stereocenters. The van der Waals surface area contributed by atoms with Gasteiger partial charge in [-0.15, -0.1) is 0 Å². The fourth-order valence-corrected chi connectivity index (χ4v) is 1.35. The van der Waals surface area contributed by atoms with Gasteiger partial charge >= 0.3 is 0 Å². The molecule has 0 saturated heterocycles. The summed E-state index contributed by atoms with van der Waals surface area (Å²) in [5.74, 6) is -0.158. The summed E-state index contributed by atoms with van der Waals surface area (Å²) in [4.78, 5) is 21.6. The van der Waals surface area contributed by atoms with E-state index in [1.54, 1.807) is 6.07 Å². The lowest BCUT2D eigenvalue weighted by Gasteiger charge is -2.19. The van der Waals surface area contributed by atoms with Crippen LogP contribution in [0.4, 0.5) is 5.69 Å².